The van der Waals surface area contributed by atoms with Gasteiger partial charge in [-0.15, -0.1) is 0 Å². The first-order chi connectivity index (χ1) is 39.6. The molecule has 402 valence electrons. The second-order valence-electron chi connectivity index (χ2n) is 18.6. The third kappa shape index (κ3) is 15.5. The first kappa shape index (κ1) is 56.9. The Labute approximate surface area is 476 Å². The summed E-state index contributed by atoms with van der Waals surface area (Å²) in [5.74, 6) is 0. The van der Waals surface area contributed by atoms with E-state index in [9.17, 15) is 14.4 Å². The van der Waals surface area contributed by atoms with Crippen molar-refractivity contribution in [1.29, 1.82) is 0 Å². The van der Waals surface area contributed by atoms with E-state index < -0.39 is 15.5 Å². The summed E-state index contributed by atoms with van der Waals surface area (Å²) < 4.78 is 27.9. The molecular weight excluding hydrogens is 1040 g/mol. The van der Waals surface area contributed by atoms with Crippen molar-refractivity contribution in [2.24, 2.45) is 0 Å². The van der Waals surface area contributed by atoms with Crippen LogP contribution in [0, 0.1) is 0 Å². The molecule has 0 aliphatic carbocycles. The Morgan fingerprint density at radius 1 is 0.296 bits per heavy atom. The summed E-state index contributed by atoms with van der Waals surface area (Å²) in [6.07, 6.45) is 16.6. The zero-order valence-electron chi connectivity index (χ0n) is 45.3. The Kier molecular flexibility index (Phi) is 19.6. The molecule has 0 amide bonds. The summed E-state index contributed by atoms with van der Waals surface area (Å²) in [7, 11) is -1.88. The van der Waals surface area contributed by atoms with Gasteiger partial charge in [0.25, 0.3) is 0 Å². The molecule has 0 aromatic heterocycles. The standard InChI is InChI=1S/C37H35NO3P.C34H28NO3P/c1-39-42(40-2,41-3)37-28-24-33(25-29-37)21-19-31-16-14-30(15-17-31)18-20-32-22-26-36(27-23-32)38(34-10-6-4-7-11-34)35-12-8-5-9-13-35;36-39(37,38)34-25-21-30(22-26-34)18-16-28-13-11-27(12-14-28)15-17-29-19-23-33(24-20-29)35(31-7-3-1-4-8-31)32-9-5-2-6-10-32/h4-29H,1-3H3;1-26H,(H2,36,37,38)/q+1;/b20-18+,21-19+;17-15+,18-16+. The number of para-hydroxylation sites is 4. The zero-order chi connectivity index (χ0) is 56.3. The maximum absolute atomic E-state index is 11.3. The van der Waals surface area contributed by atoms with Gasteiger partial charge in [0, 0.05) is 34.1 Å². The van der Waals surface area contributed by atoms with E-state index in [0.29, 0.717) is 0 Å². The number of rotatable bonds is 19. The third-order valence-corrected chi connectivity index (χ3v) is 16.6. The summed E-state index contributed by atoms with van der Waals surface area (Å²) in [4.78, 5) is 23.0. The third-order valence-electron chi connectivity index (χ3n) is 13.3. The molecule has 10 aromatic rings. The van der Waals surface area contributed by atoms with E-state index in [0.717, 1.165) is 83.9 Å². The van der Waals surface area contributed by atoms with Gasteiger partial charge in [-0.05, 0) is 142 Å². The van der Waals surface area contributed by atoms with Crippen LogP contribution in [0.2, 0.25) is 0 Å². The fourth-order valence-corrected chi connectivity index (χ4v) is 11.1. The van der Waals surface area contributed by atoms with Crippen molar-refractivity contribution in [2.75, 3.05) is 31.1 Å². The van der Waals surface area contributed by atoms with E-state index in [-0.39, 0.29) is 5.30 Å². The van der Waals surface area contributed by atoms with E-state index in [1.54, 1.807) is 33.5 Å². The van der Waals surface area contributed by atoms with Gasteiger partial charge in [-0.25, -0.2) is 0 Å². The van der Waals surface area contributed by atoms with Crippen molar-refractivity contribution in [3.05, 3.63) is 311 Å². The molecule has 0 heterocycles. The average Bonchev–Trinajstić information content (AvgIpc) is 3.60. The van der Waals surface area contributed by atoms with Crippen molar-refractivity contribution in [3.63, 3.8) is 0 Å². The highest BCUT2D eigenvalue weighted by Crippen LogP contribution is 2.58. The largest absolute Gasteiger partial charge is 0.447 e. The molecule has 0 bridgehead atoms. The van der Waals surface area contributed by atoms with Crippen LogP contribution in [0.3, 0.4) is 0 Å². The van der Waals surface area contributed by atoms with Crippen molar-refractivity contribution in [2.45, 2.75) is 0 Å². The van der Waals surface area contributed by atoms with E-state index >= 15 is 0 Å². The molecule has 81 heavy (non-hydrogen) atoms. The van der Waals surface area contributed by atoms with E-state index in [4.69, 9.17) is 13.6 Å². The van der Waals surface area contributed by atoms with Crippen LogP contribution >= 0.6 is 15.5 Å². The lowest BCUT2D eigenvalue weighted by Gasteiger charge is -2.25. The molecule has 0 aliphatic rings. The summed E-state index contributed by atoms with van der Waals surface area (Å²) >= 11 is 0. The van der Waals surface area contributed by atoms with E-state index in [2.05, 4.69) is 228 Å². The fraction of sp³-hybridized carbons (Fsp3) is 0.0423. The van der Waals surface area contributed by atoms with Crippen LogP contribution in [0.1, 0.15) is 44.5 Å². The van der Waals surface area contributed by atoms with Gasteiger partial charge in [0.05, 0.1) is 26.6 Å². The average molecular weight is 1100 g/mol. The lowest BCUT2D eigenvalue weighted by atomic mass is 10.1. The molecule has 0 atom stereocenters. The molecule has 8 nitrogen and oxygen atoms in total. The number of hydrogen-bond acceptors (Lipinski definition) is 6. The predicted octanol–water partition coefficient (Wildman–Crippen LogP) is 18.1. The summed E-state index contributed by atoms with van der Waals surface area (Å²) in [6.45, 7) is 0. The quantitative estimate of drug-likeness (QED) is 0.0611. The lowest BCUT2D eigenvalue weighted by molar-refractivity contribution is 0.222. The Morgan fingerprint density at radius 3 is 0.716 bits per heavy atom. The van der Waals surface area contributed by atoms with Crippen LogP contribution in [-0.2, 0) is 18.1 Å². The van der Waals surface area contributed by atoms with Crippen molar-refractivity contribution >= 4 is 109 Å². The van der Waals surface area contributed by atoms with E-state index in [1.807, 2.05) is 72.8 Å². The molecular formula is C71H63N2O6P2+. The highest BCUT2D eigenvalue weighted by Gasteiger charge is 2.44. The molecule has 0 aliphatic heterocycles. The van der Waals surface area contributed by atoms with Crippen LogP contribution < -0.4 is 20.4 Å². The van der Waals surface area contributed by atoms with Gasteiger partial charge in [0.1, 0.15) is 0 Å². The molecule has 0 radical (unpaired) electrons. The van der Waals surface area contributed by atoms with Crippen molar-refractivity contribution in [3.8, 4) is 0 Å². The molecule has 10 rings (SSSR count). The fourth-order valence-electron chi connectivity index (χ4n) is 8.97. The minimum Gasteiger partial charge on any atom is -0.321 e. The van der Waals surface area contributed by atoms with Gasteiger partial charge in [-0.2, -0.15) is 13.6 Å². The number of hydrogen-bond donors (Lipinski definition) is 2. The van der Waals surface area contributed by atoms with Gasteiger partial charge in [-0.1, -0.05) is 218 Å². The molecule has 0 spiro atoms. The molecule has 2 N–H and O–H groups in total. The van der Waals surface area contributed by atoms with Crippen LogP contribution in [0.15, 0.2) is 267 Å². The monoisotopic (exact) mass is 1100 g/mol. The normalized spacial score (nSPS) is 11.8. The Morgan fingerprint density at radius 2 is 0.494 bits per heavy atom. The highest BCUT2D eigenvalue weighted by atomic mass is 31.2. The topological polar surface area (TPSA) is 91.7 Å². The van der Waals surface area contributed by atoms with Crippen LogP contribution in [0.5, 0.6) is 0 Å². The molecule has 0 saturated heterocycles. The molecule has 0 saturated carbocycles. The van der Waals surface area contributed by atoms with Gasteiger partial charge >= 0.3 is 15.5 Å². The van der Waals surface area contributed by atoms with Crippen LogP contribution in [0.4, 0.5) is 34.1 Å². The number of nitrogens with zero attached hydrogens (tertiary/aromatic N) is 2. The summed E-state index contributed by atoms with van der Waals surface area (Å²) in [6, 6.07) is 89.9. The zero-order valence-corrected chi connectivity index (χ0v) is 47.1. The SMILES string of the molecule is CO[P+](OC)(OC)c1ccc(/C=C/c2ccc(/C=C/c3ccc(N(c4ccccc4)c4ccccc4)cc3)cc2)cc1.O=P(O)(O)c1ccc(/C=C/c2ccc(/C=C/c3ccc(N(c4ccccc4)c4ccccc4)cc3)cc2)cc1. The van der Waals surface area contributed by atoms with Gasteiger partial charge in [0.15, 0.2) is 5.30 Å². The minimum atomic E-state index is -4.22. The second-order valence-corrected chi connectivity index (χ2v) is 22.8. The van der Waals surface area contributed by atoms with E-state index in [1.165, 1.54) is 12.1 Å². The summed E-state index contributed by atoms with van der Waals surface area (Å²) in [5, 5.41) is 0.929. The molecule has 10 heteroatoms. The lowest BCUT2D eigenvalue weighted by Crippen LogP contribution is -2.15. The van der Waals surface area contributed by atoms with Gasteiger partial charge in [0.2, 0.25) is 0 Å². The van der Waals surface area contributed by atoms with Crippen molar-refractivity contribution < 1.29 is 27.9 Å². The predicted molar refractivity (Wildman–Crippen MR) is 343 cm³/mol. The second kappa shape index (κ2) is 27.9. The molecule has 0 unspecified atom stereocenters. The highest BCUT2D eigenvalue weighted by molar-refractivity contribution is 7.69. The van der Waals surface area contributed by atoms with Gasteiger partial charge in [-0.3, -0.25) is 4.57 Å². The summed E-state index contributed by atoms with van der Waals surface area (Å²) in [5.41, 5.74) is 15.3. The molecule has 0 fully saturated rings. The number of benzene rings is 10. The first-order valence-corrected chi connectivity index (χ1v) is 29.5. The Bertz CT molecular complexity index is 3610. The maximum atomic E-state index is 11.3. The Balaban J connectivity index is 0.000000196. The molecule has 10 aromatic carbocycles. The Hall–Kier alpha value is -8.78. The van der Waals surface area contributed by atoms with Crippen LogP contribution in [0.25, 0.3) is 48.6 Å². The first-order valence-electron chi connectivity index (χ1n) is 26.4. The van der Waals surface area contributed by atoms with Crippen molar-refractivity contribution in [1.82, 2.24) is 0 Å². The smallest absolute Gasteiger partial charge is 0.321 e. The van der Waals surface area contributed by atoms with Gasteiger partial charge < -0.3 is 19.6 Å². The van der Waals surface area contributed by atoms with Crippen LogP contribution in [-0.4, -0.2) is 31.1 Å². The number of anilines is 6. The minimum absolute atomic E-state index is 0.0233. The maximum Gasteiger partial charge on any atom is 0.447 e.